The number of hydrogen-bond donors (Lipinski definition) is 1. The summed E-state index contributed by atoms with van der Waals surface area (Å²) < 4.78 is 36.8. The van der Waals surface area contributed by atoms with Gasteiger partial charge in [0.1, 0.15) is 0 Å². The first kappa shape index (κ1) is 16.2. The molecule has 0 aromatic rings. The highest BCUT2D eigenvalue weighted by molar-refractivity contribution is 5.85. The highest BCUT2D eigenvalue weighted by atomic mass is 19.4. The Bertz CT molecular complexity index is 310. The molecule has 19 heavy (non-hydrogen) atoms. The maximum atomic E-state index is 12.3. The third kappa shape index (κ3) is 4.99. The van der Waals surface area contributed by atoms with Crippen LogP contribution in [0.5, 0.6) is 0 Å². The number of likely N-dealkylation sites (N-methyl/N-ethyl adjacent to an activating group) is 1. The van der Waals surface area contributed by atoms with Crippen molar-refractivity contribution in [2.75, 3.05) is 39.3 Å². The summed E-state index contributed by atoms with van der Waals surface area (Å²) >= 11 is 0. The largest absolute Gasteiger partial charge is 0.401 e. The highest BCUT2D eigenvalue weighted by Crippen LogP contribution is 2.18. The van der Waals surface area contributed by atoms with Crippen LogP contribution in [-0.4, -0.2) is 66.7 Å². The molecule has 4 nitrogen and oxygen atoms in total. The molecule has 1 saturated heterocycles. The standard InChI is InChI=1S/C12H22F3N3O/c1-4-16-11(2,3)10(19)18-7-5-17(6-8-18)9-12(13,14)15/h16H,4-9H2,1-3H3. The average Bonchev–Trinajstić information content (AvgIpc) is 2.27. The molecule has 0 aromatic heterocycles. The van der Waals surface area contributed by atoms with Gasteiger partial charge in [-0.05, 0) is 20.4 Å². The van der Waals surface area contributed by atoms with E-state index in [2.05, 4.69) is 5.32 Å². The van der Waals surface area contributed by atoms with Gasteiger partial charge in [0.2, 0.25) is 5.91 Å². The lowest BCUT2D eigenvalue weighted by molar-refractivity contribution is -0.153. The maximum Gasteiger partial charge on any atom is 0.401 e. The molecule has 0 spiro atoms. The van der Waals surface area contributed by atoms with Crippen LogP contribution in [0.15, 0.2) is 0 Å². The molecule has 112 valence electrons. The van der Waals surface area contributed by atoms with E-state index in [1.54, 1.807) is 18.7 Å². The normalized spacial score (nSPS) is 18.7. The number of nitrogens with one attached hydrogen (secondary N) is 1. The lowest BCUT2D eigenvalue weighted by atomic mass is 10.0. The van der Waals surface area contributed by atoms with Crippen molar-refractivity contribution in [1.29, 1.82) is 0 Å². The van der Waals surface area contributed by atoms with E-state index in [1.165, 1.54) is 4.90 Å². The zero-order chi connectivity index (χ0) is 14.7. The van der Waals surface area contributed by atoms with Crippen molar-refractivity contribution in [2.24, 2.45) is 0 Å². The van der Waals surface area contributed by atoms with E-state index in [0.717, 1.165) is 0 Å². The van der Waals surface area contributed by atoms with E-state index >= 15 is 0 Å². The monoisotopic (exact) mass is 281 g/mol. The van der Waals surface area contributed by atoms with Gasteiger partial charge in [0, 0.05) is 26.2 Å². The summed E-state index contributed by atoms with van der Waals surface area (Å²) in [4.78, 5) is 15.2. The summed E-state index contributed by atoms with van der Waals surface area (Å²) in [7, 11) is 0. The smallest absolute Gasteiger partial charge is 0.339 e. The van der Waals surface area contributed by atoms with Crippen molar-refractivity contribution in [1.82, 2.24) is 15.1 Å². The Morgan fingerprint density at radius 2 is 1.68 bits per heavy atom. The topological polar surface area (TPSA) is 35.6 Å². The zero-order valence-electron chi connectivity index (χ0n) is 11.7. The molecule has 1 aliphatic heterocycles. The Hall–Kier alpha value is -0.820. The first-order valence-corrected chi connectivity index (χ1v) is 6.49. The van der Waals surface area contributed by atoms with Crippen molar-refractivity contribution < 1.29 is 18.0 Å². The minimum atomic E-state index is -4.17. The molecule has 1 aliphatic rings. The lowest BCUT2D eigenvalue weighted by Gasteiger charge is -2.39. The zero-order valence-corrected chi connectivity index (χ0v) is 11.7. The van der Waals surface area contributed by atoms with Crippen molar-refractivity contribution in [3.05, 3.63) is 0 Å². The second-order valence-electron chi connectivity index (χ2n) is 5.34. The predicted octanol–water partition coefficient (Wildman–Crippen LogP) is 1.08. The molecule has 1 heterocycles. The van der Waals surface area contributed by atoms with Gasteiger partial charge in [0.25, 0.3) is 0 Å². The number of carbonyl (C=O) groups excluding carboxylic acids is 1. The van der Waals surface area contributed by atoms with Crippen LogP contribution in [0, 0.1) is 0 Å². The minimum Gasteiger partial charge on any atom is -0.339 e. The van der Waals surface area contributed by atoms with Crippen LogP contribution < -0.4 is 5.32 Å². The number of amides is 1. The Morgan fingerprint density at radius 3 is 2.11 bits per heavy atom. The molecule has 0 radical (unpaired) electrons. The summed E-state index contributed by atoms with van der Waals surface area (Å²) in [5.74, 6) is -0.0546. The number of alkyl halides is 3. The van der Waals surface area contributed by atoms with E-state index in [4.69, 9.17) is 0 Å². The quantitative estimate of drug-likeness (QED) is 0.837. The summed E-state index contributed by atoms with van der Waals surface area (Å²) in [5, 5.41) is 3.08. The molecule has 1 N–H and O–H groups in total. The summed E-state index contributed by atoms with van der Waals surface area (Å²) in [6.07, 6.45) is -4.17. The van der Waals surface area contributed by atoms with Gasteiger partial charge < -0.3 is 10.2 Å². The number of hydrogen-bond acceptors (Lipinski definition) is 3. The molecular formula is C12H22F3N3O. The Kier molecular flexibility index (Phi) is 5.20. The average molecular weight is 281 g/mol. The summed E-state index contributed by atoms with van der Waals surface area (Å²) in [6.45, 7) is 6.52. The van der Waals surface area contributed by atoms with Crippen LogP contribution in [0.3, 0.4) is 0 Å². The van der Waals surface area contributed by atoms with Crippen LogP contribution in [0.2, 0.25) is 0 Å². The molecule has 1 fully saturated rings. The number of piperazine rings is 1. The first-order chi connectivity index (χ1) is 8.65. The number of carbonyl (C=O) groups is 1. The molecule has 1 rings (SSSR count). The van der Waals surface area contributed by atoms with E-state index in [9.17, 15) is 18.0 Å². The third-order valence-electron chi connectivity index (χ3n) is 3.22. The van der Waals surface area contributed by atoms with Crippen molar-refractivity contribution in [3.8, 4) is 0 Å². The van der Waals surface area contributed by atoms with E-state index in [0.29, 0.717) is 19.6 Å². The fourth-order valence-electron chi connectivity index (χ4n) is 2.28. The van der Waals surface area contributed by atoms with Crippen LogP contribution in [-0.2, 0) is 4.79 Å². The van der Waals surface area contributed by atoms with Gasteiger partial charge in [-0.25, -0.2) is 0 Å². The molecule has 0 saturated carbocycles. The molecule has 0 aliphatic carbocycles. The van der Waals surface area contributed by atoms with Crippen molar-refractivity contribution in [3.63, 3.8) is 0 Å². The second kappa shape index (κ2) is 6.09. The fraction of sp³-hybridized carbons (Fsp3) is 0.917. The maximum absolute atomic E-state index is 12.3. The SMILES string of the molecule is CCNC(C)(C)C(=O)N1CCN(CC(F)(F)F)CC1. The number of halogens is 3. The molecule has 7 heteroatoms. The van der Waals surface area contributed by atoms with Crippen molar-refractivity contribution >= 4 is 5.91 Å². The van der Waals surface area contributed by atoms with Gasteiger partial charge in [-0.1, -0.05) is 6.92 Å². The van der Waals surface area contributed by atoms with Crippen LogP contribution in [0.4, 0.5) is 13.2 Å². The molecule has 0 atom stereocenters. The van der Waals surface area contributed by atoms with Gasteiger partial charge in [-0.2, -0.15) is 13.2 Å². The minimum absolute atomic E-state index is 0.0546. The second-order valence-corrected chi connectivity index (χ2v) is 5.34. The highest BCUT2D eigenvalue weighted by Gasteiger charge is 2.36. The molecular weight excluding hydrogens is 259 g/mol. The number of rotatable bonds is 4. The van der Waals surface area contributed by atoms with Crippen LogP contribution in [0.25, 0.3) is 0 Å². The molecule has 0 bridgehead atoms. The van der Waals surface area contributed by atoms with E-state index in [1.807, 2.05) is 6.92 Å². The third-order valence-corrected chi connectivity index (χ3v) is 3.22. The fourth-order valence-corrected chi connectivity index (χ4v) is 2.28. The summed E-state index contributed by atoms with van der Waals surface area (Å²) in [6, 6.07) is 0. The Morgan fingerprint density at radius 1 is 1.16 bits per heavy atom. The number of nitrogens with zero attached hydrogens (tertiary/aromatic N) is 2. The van der Waals surface area contributed by atoms with E-state index in [-0.39, 0.29) is 19.0 Å². The lowest BCUT2D eigenvalue weighted by Crippen LogP contribution is -2.59. The van der Waals surface area contributed by atoms with Crippen LogP contribution >= 0.6 is 0 Å². The van der Waals surface area contributed by atoms with Crippen LogP contribution in [0.1, 0.15) is 20.8 Å². The molecule has 1 amide bonds. The Labute approximate surface area is 111 Å². The van der Waals surface area contributed by atoms with Gasteiger partial charge in [0.05, 0.1) is 12.1 Å². The molecule has 0 aromatic carbocycles. The van der Waals surface area contributed by atoms with Gasteiger partial charge in [-0.3, -0.25) is 9.69 Å². The molecule has 0 unspecified atom stereocenters. The van der Waals surface area contributed by atoms with E-state index < -0.39 is 18.3 Å². The summed E-state index contributed by atoms with van der Waals surface area (Å²) in [5.41, 5.74) is -0.666. The van der Waals surface area contributed by atoms with Gasteiger partial charge in [0.15, 0.2) is 0 Å². The van der Waals surface area contributed by atoms with Gasteiger partial charge >= 0.3 is 6.18 Å². The first-order valence-electron chi connectivity index (χ1n) is 6.49. The predicted molar refractivity (Wildman–Crippen MR) is 66.8 cm³/mol. The van der Waals surface area contributed by atoms with Crippen molar-refractivity contribution in [2.45, 2.75) is 32.5 Å². The van der Waals surface area contributed by atoms with Gasteiger partial charge in [-0.15, -0.1) is 0 Å². The Balaban J connectivity index is 2.48.